The van der Waals surface area contributed by atoms with Crippen molar-refractivity contribution in [3.63, 3.8) is 0 Å². The number of rotatable bonds is 5. The van der Waals surface area contributed by atoms with E-state index >= 15 is 0 Å². The van der Waals surface area contributed by atoms with E-state index in [1.54, 1.807) is 6.07 Å². The molecular weight excluding hydrogens is 491 g/mol. The first-order valence-corrected chi connectivity index (χ1v) is 13.4. The Balaban J connectivity index is 1.51. The molecule has 2 fully saturated rings. The van der Waals surface area contributed by atoms with Crippen molar-refractivity contribution in [2.45, 2.75) is 70.9 Å². The maximum atomic E-state index is 14.8. The molecule has 2 aromatic carbocycles. The summed E-state index contributed by atoms with van der Waals surface area (Å²) >= 11 is 0. The summed E-state index contributed by atoms with van der Waals surface area (Å²) in [4.78, 5) is 29.5. The number of piperidine rings is 1. The van der Waals surface area contributed by atoms with Gasteiger partial charge in [0.15, 0.2) is 0 Å². The first-order valence-electron chi connectivity index (χ1n) is 13.4. The number of hydrogen-bond acceptors (Lipinski definition) is 3. The summed E-state index contributed by atoms with van der Waals surface area (Å²) in [7, 11) is 0. The first kappa shape index (κ1) is 28.1. The van der Waals surface area contributed by atoms with Gasteiger partial charge in [-0.05, 0) is 81.3 Å². The number of likely N-dealkylation sites (tertiary alicyclic amines) is 2. The van der Waals surface area contributed by atoms with Crippen LogP contribution in [0.2, 0.25) is 0 Å². The Kier molecular flexibility index (Phi) is 8.21. The third-order valence-corrected chi connectivity index (χ3v) is 8.13. The average molecular weight is 530 g/mol. The van der Waals surface area contributed by atoms with Crippen LogP contribution in [0.4, 0.5) is 13.2 Å². The van der Waals surface area contributed by atoms with E-state index in [9.17, 15) is 22.8 Å². The normalized spacial score (nSPS) is 21.9. The smallest absolute Gasteiger partial charge is 0.227 e. The lowest BCUT2D eigenvalue weighted by Crippen LogP contribution is -2.44. The van der Waals surface area contributed by atoms with Crippen molar-refractivity contribution in [2.24, 2.45) is 5.92 Å². The average Bonchev–Trinajstić information content (AvgIpc) is 3.29. The molecule has 0 aliphatic carbocycles. The highest BCUT2D eigenvalue weighted by Crippen LogP contribution is 2.40. The number of halogens is 3. The second-order valence-electron chi connectivity index (χ2n) is 11.7. The van der Waals surface area contributed by atoms with E-state index in [0.29, 0.717) is 44.6 Å². The van der Waals surface area contributed by atoms with E-state index in [4.69, 9.17) is 0 Å². The molecule has 8 heteroatoms. The fourth-order valence-electron chi connectivity index (χ4n) is 6.04. The highest BCUT2D eigenvalue weighted by Gasteiger charge is 2.44. The van der Waals surface area contributed by atoms with E-state index < -0.39 is 17.6 Å². The lowest BCUT2D eigenvalue weighted by molar-refractivity contribution is -0.136. The van der Waals surface area contributed by atoms with E-state index in [1.807, 2.05) is 11.8 Å². The van der Waals surface area contributed by atoms with Crippen LogP contribution in [0.5, 0.6) is 0 Å². The maximum Gasteiger partial charge on any atom is 0.227 e. The van der Waals surface area contributed by atoms with Gasteiger partial charge < -0.3 is 10.2 Å². The minimum atomic E-state index is -0.630. The molecule has 4 rings (SSSR count). The predicted octanol–water partition coefficient (Wildman–Crippen LogP) is 5.52. The molecule has 38 heavy (non-hydrogen) atoms. The molecule has 5 nitrogen and oxygen atoms in total. The van der Waals surface area contributed by atoms with E-state index in [-0.39, 0.29) is 41.0 Å². The lowest BCUT2D eigenvalue weighted by Gasteiger charge is -2.36. The summed E-state index contributed by atoms with van der Waals surface area (Å²) in [6.07, 6.45) is 1.42. The molecule has 2 unspecified atom stereocenters. The second kappa shape index (κ2) is 11.1. The van der Waals surface area contributed by atoms with Gasteiger partial charge in [-0.2, -0.15) is 0 Å². The monoisotopic (exact) mass is 529 g/mol. The number of carbonyl (C=O) groups excluding carboxylic acids is 2. The molecule has 0 bridgehead atoms. The molecule has 0 saturated carbocycles. The Morgan fingerprint density at radius 1 is 0.947 bits per heavy atom. The van der Waals surface area contributed by atoms with Crippen molar-refractivity contribution in [2.75, 3.05) is 26.2 Å². The Morgan fingerprint density at radius 2 is 1.55 bits per heavy atom. The van der Waals surface area contributed by atoms with Gasteiger partial charge in [0.25, 0.3) is 0 Å². The largest absolute Gasteiger partial charge is 0.350 e. The van der Waals surface area contributed by atoms with Crippen LogP contribution in [0.1, 0.15) is 82.0 Å². The summed E-state index contributed by atoms with van der Waals surface area (Å²) in [5, 5.41) is 2.85. The standard InChI is InChI=1S/C30H38F3N3O2/c1-18(34-19(2)37)25-14-21(31)6-8-23(25)20-10-12-35(13-11-20)29(38)27-17-36(30(3,4)5)16-26(27)24-9-7-22(32)15-28(24)33/h6-9,14-15,18,20,26-27H,10-13,16-17H2,1-5H3,(H,34,37)/t18?,26-,27?/m0/s1. The lowest BCUT2D eigenvalue weighted by atomic mass is 9.83. The second-order valence-corrected chi connectivity index (χ2v) is 11.7. The van der Waals surface area contributed by atoms with Gasteiger partial charge in [0, 0.05) is 50.6 Å². The van der Waals surface area contributed by atoms with Crippen LogP contribution in [-0.2, 0) is 9.59 Å². The van der Waals surface area contributed by atoms with Crippen LogP contribution in [-0.4, -0.2) is 53.3 Å². The van der Waals surface area contributed by atoms with E-state index in [0.717, 1.165) is 17.2 Å². The molecule has 2 saturated heterocycles. The summed E-state index contributed by atoms with van der Waals surface area (Å²) in [5.41, 5.74) is 1.94. The molecule has 2 aromatic rings. The zero-order valence-electron chi connectivity index (χ0n) is 22.9. The zero-order chi connectivity index (χ0) is 27.8. The fraction of sp³-hybridized carbons (Fsp3) is 0.533. The Bertz CT molecular complexity index is 1190. The summed E-state index contributed by atoms with van der Waals surface area (Å²) in [5.74, 6) is -2.43. The summed E-state index contributed by atoms with van der Waals surface area (Å²) < 4.78 is 42.5. The highest BCUT2D eigenvalue weighted by atomic mass is 19.1. The van der Waals surface area contributed by atoms with Gasteiger partial charge in [-0.15, -0.1) is 0 Å². The van der Waals surface area contributed by atoms with E-state index in [1.165, 1.54) is 31.2 Å². The number of nitrogens with one attached hydrogen (secondary N) is 1. The zero-order valence-corrected chi connectivity index (χ0v) is 22.9. The summed E-state index contributed by atoms with van der Waals surface area (Å²) in [6.45, 7) is 11.6. The molecule has 0 spiro atoms. The topological polar surface area (TPSA) is 52.7 Å². The minimum Gasteiger partial charge on any atom is -0.350 e. The molecule has 0 aromatic heterocycles. The molecular formula is C30H38F3N3O2. The molecule has 1 N–H and O–H groups in total. The van der Waals surface area contributed by atoms with Crippen LogP contribution in [0, 0.1) is 23.4 Å². The number of amides is 2. The summed E-state index contributed by atoms with van der Waals surface area (Å²) in [6, 6.07) is 8.01. The number of benzene rings is 2. The highest BCUT2D eigenvalue weighted by molar-refractivity contribution is 5.81. The van der Waals surface area contributed by atoms with Crippen molar-refractivity contribution in [1.82, 2.24) is 15.1 Å². The SMILES string of the molecule is CC(=O)NC(C)c1cc(F)ccc1C1CCN(C(=O)C2CN(C(C)(C)C)C[C@H]2c2ccc(F)cc2F)CC1. The Labute approximate surface area is 223 Å². The minimum absolute atomic E-state index is 0.00475. The molecule has 2 aliphatic rings. The number of hydrogen-bond donors (Lipinski definition) is 1. The molecule has 206 valence electrons. The molecule has 2 heterocycles. The van der Waals surface area contributed by atoms with Crippen LogP contribution >= 0.6 is 0 Å². The predicted molar refractivity (Wildman–Crippen MR) is 141 cm³/mol. The number of carbonyl (C=O) groups is 2. The van der Waals surface area contributed by atoms with Gasteiger partial charge in [-0.1, -0.05) is 12.1 Å². The van der Waals surface area contributed by atoms with Crippen LogP contribution in [0.15, 0.2) is 36.4 Å². The maximum absolute atomic E-state index is 14.8. The van der Waals surface area contributed by atoms with Crippen molar-refractivity contribution in [1.29, 1.82) is 0 Å². The van der Waals surface area contributed by atoms with Gasteiger partial charge >= 0.3 is 0 Å². The van der Waals surface area contributed by atoms with Gasteiger partial charge in [0.2, 0.25) is 11.8 Å². The van der Waals surface area contributed by atoms with Crippen molar-refractivity contribution in [3.05, 3.63) is 70.5 Å². The quantitative estimate of drug-likeness (QED) is 0.555. The first-order chi connectivity index (χ1) is 17.8. The molecule has 2 amide bonds. The third-order valence-electron chi connectivity index (χ3n) is 8.13. The third kappa shape index (κ3) is 6.06. The Hall–Kier alpha value is -2.87. The van der Waals surface area contributed by atoms with Crippen molar-refractivity contribution >= 4 is 11.8 Å². The van der Waals surface area contributed by atoms with Crippen molar-refractivity contribution in [3.8, 4) is 0 Å². The van der Waals surface area contributed by atoms with Gasteiger partial charge in [0.1, 0.15) is 17.5 Å². The van der Waals surface area contributed by atoms with Gasteiger partial charge in [0.05, 0.1) is 12.0 Å². The number of nitrogens with zero attached hydrogens (tertiary/aromatic N) is 2. The van der Waals surface area contributed by atoms with Crippen LogP contribution < -0.4 is 5.32 Å². The van der Waals surface area contributed by atoms with Gasteiger partial charge in [-0.25, -0.2) is 13.2 Å². The Morgan fingerprint density at radius 3 is 2.13 bits per heavy atom. The molecule has 2 aliphatic heterocycles. The van der Waals surface area contributed by atoms with Crippen molar-refractivity contribution < 1.29 is 22.8 Å². The van der Waals surface area contributed by atoms with Crippen LogP contribution in [0.3, 0.4) is 0 Å². The molecule has 3 atom stereocenters. The molecule has 0 radical (unpaired) electrons. The fourth-order valence-corrected chi connectivity index (χ4v) is 6.04. The van der Waals surface area contributed by atoms with Crippen LogP contribution in [0.25, 0.3) is 0 Å². The van der Waals surface area contributed by atoms with Gasteiger partial charge in [-0.3, -0.25) is 14.5 Å². The van der Waals surface area contributed by atoms with E-state index in [2.05, 4.69) is 31.0 Å².